The molecule has 1 saturated carbocycles. The van der Waals surface area contributed by atoms with Crippen LogP contribution in [0.15, 0.2) is 58.3 Å². The van der Waals surface area contributed by atoms with Gasteiger partial charge >= 0.3 is 0 Å². The fraction of sp³-hybridized carbons (Fsp3) is 0.429. The van der Waals surface area contributed by atoms with Gasteiger partial charge in [-0.25, -0.2) is 0 Å². The number of hydrogen-bond donors (Lipinski definition) is 0. The Kier molecular flexibility index (Phi) is 6.48. The van der Waals surface area contributed by atoms with Gasteiger partial charge in [0.25, 0.3) is 20.2 Å². The smallest absolute Gasteiger partial charge is 0.266 e. The molecule has 6 nitrogen and oxygen atoms in total. The lowest BCUT2D eigenvalue weighted by molar-refractivity contribution is 0.231. The fourth-order valence-corrected chi connectivity index (χ4v) is 4.90. The van der Waals surface area contributed by atoms with E-state index in [0.717, 1.165) is 24.0 Å². The molecule has 2 aromatic carbocycles. The molecule has 8 heteroatoms. The third-order valence-corrected chi connectivity index (χ3v) is 7.97. The molecule has 0 spiro atoms. The standard InChI is InChI=1S/C21H26O6S2/c1-17-3-7-19(8-4-17)28(22,23)26-15-13-21(11-12-21)14-16-27-29(24,25)20-9-5-18(2)6-10-20/h3-10H,11-16H2,1-2H3. The molecular formula is C21H26O6S2. The summed E-state index contributed by atoms with van der Waals surface area (Å²) in [7, 11) is -7.56. The van der Waals surface area contributed by atoms with Gasteiger partial charge in [-0.3, -0.25) is 8.37 Å². The van der Waals surface area contributed by atoms with E-state index in [9.17, 15) is 16.8 Å². The average Bonchev–Trinajstić information content (AvgIpc) is 3.42. The number of benzene rings is 2. The predicted molar refractivity (Wildman–Crippen MR) is 110 cm³/mol. The van der Waals surface area contributed by atoms with Crippen molar-refractivity contribution in [1.82, 2.24) is 0 Å². The van der Waals surface area contributed by atoms with E-state index in [4.69, 9.17) is 8.37 Å². The van der Waals surface area contributed by atoms with Gasteiger partial charge in [0.05, 0.1) is 23.0 Å². The summed E-state index contributed by atoms with van der Waals surface area (Å²) < 4.78 is 59.3. The summed E-state index contributed by atoms with van der Waals surface area (Å²) in [5, 5.41) is 0. The van der Waals surface area contributed by atoms with E-state index >= 15 is 0 Å². The maximum Gasteiger partial charge on any atom is 0.296 e. The zero-order valence-corrected chi connectivity index (χ0v) is 18.3. The van der Waals surface area contributed by atoms with Crippen LogP contribution in [-0.4, -0.2) is 30.0 Å². The Hall–Kier alpha value is -1.74. The molecule has 0 amide bonds. The van der Waals surface area contributed by atoms with Crippen molar-refractivity contribution in [2.75, 3.05) is 13.2 Å². The molecule has 0 atom stereocenters. The van der Waals surface area contributed by atoms with Crippen molar-refractivity contribution in [2.45, 2.75) is 49.3 Å². The van der Waals surface area contributed by atoms with E-state index in [0.29, 0.717) is 12.8 Å². The normalized spacial score (nSPS) is 15.9. The molecule has 0 unspecified atom stereocenters. The van der Waals surface area contributed by atoms with Crippen LogP contribution in [0, 0.1) is 19.3 Å². The third kappa shape index (κ3) is 5.88. The molecule has 0 saturated heterocycles. The number of rotatable bonds is 10. The summed E-state index contributed by atoms with van der Waals surface area (Å²) >= 11 is 0. The third-order valence-electron chi connectivity index (χ3n) is 5.32. The molecule has 1 aliphatic carbocycles. The minimum Gasteiger partial charge on any atom is -0.266 e. The van der Waals surface area contributed by atoms with Crippen molar-refractivity contribution in [3.8, 4) is 0 Å². The Balaban J connectivity index is 1.47. The molecular weight excluding hydrogens is 412 g/mol. The molecule has 0 bridgehead atoms. The van der Waals surface area contributed by atoms with Gasteiger partial charge in [-0.1, -0.05) is 35.4 Å². The molecule has 0 aromatic heterocycles. The van der Waals surface area contributed by atoms with E-state index in [2.05, 4.69) is 0 Å². The minimum atomic E-state index is -3.78. The molecule has 1 fully saturated rings. The summed E-state index contributed by atoms with van der Waals surface area (Å²) in [6.45, 7) is 3.91. The van der Waals surface area contributed by atoms with Crippen molar-refractivity contribution in [3.05, 3.63) is 59.7 Å². The molecule has 1 aliphatic rings. The molecule has 0 heterocycles. The van der Waals surface area contributed by atoms with E-state index in [1.165, 1.54) is 24.3 Å². The van der Waals surface area contributed by atoms with E-state index < -0.39 is 20.2 Å². The molecule has 29 heavy (non-hydrogen) atoms. The number of hydrogen-bond acceptors (Lipinski definition) is 6. The SMILES string of the molecule is Cc1ccc(S(=O)(=O)OCCC2(CCOS(=O)(=O)c3ccc(C)cc3)CC2)cc1. The summed E-state index contributed by atoms with van der Waals surface area (Å²) in [4.78, 5) is 0.279. The lowest BCUT2D eigenvalue weighted by atomic mass is 9.99. The summed E-state index contributed by atoms with van der Waals surface area (Å²) in [6.07, 6.45) is 2.92. The Morgan fingerprint density at radius 3 is 1.34 bits per heavy atom. The first-order chi connectivity index (χ1) is 13.6. The first-order valence-electron chi connectivity index (χ1n) is 9.54. The van der Waals surface area contributed by atoms with Crippen LogP contribution in [0.1, 0.15) is 36.8 Å². The quantitative estimate of drug-likeness (QED) is 0.522. The van der Waals surface area contributed by atoms with E-state index in [-0.39, 0.29) is 28.4 Å². The lowest BCUT2D eigenvalue weighted by Gasteiger charge is -2.15. The van der Waals surface area contributed by atoms with Gasteiger partial charge < -0.3 is 0 Å². The molecule has 0 aliphatic heterocycles. The Labute approximate surface area is 173 Å². The van der Waals surface area contributed by atoms with Gasteiger partial charge in [0.1, 0.15) is 0 Å². The lowest BCUT2D eigenvalue weighted by Crippen LogP contribution is -2.15. The van der Waals surface area contributed by atoms with Gasteiger partial charge in [0.2, 0.25) is 0 Å². The van der Waals surface area contributed by atoms with Crippen molar-refractivity contribution in [3.63, 3.8) is 0 Å². The second kappa shape index (κ2) is 8.55. The van der Waals surface area contributed by atoms with Crippen molar-refractivity contribution < 1.29 is 25.2 Å². The first-order valence-corrected chi connectivity index (χ1v) is 12.4. The number of aryl methyl sites for hydroxylation is 2. The second-order valence-corrected chi connectivity index (χ2v) is 10.9. The highest BCUT2D eigenvalue weighted by Crippen LogP contribution is 2.52. The van der Waals surface area contributed by atoms with Crippen molar-refractivity contribution in [1.29, 1.82) is 0 Å². The molecule has 3 rings (SSSR count). The topological polar surface area (TPSA) is 86.7 Å². The zero-order chi connectivity index (χ0) is 21.1. The average molecular weight is 439 g/mol. The molecule has 2 aromatic rings. The Bertz CT molecular complexity index is 952. The van der Waals surface area contributed by atoms with Crippen LogP contribution in [0.3, 0.4) is 0 Å². The summed E-state index contributed by atoms with van der Waals surface area (Å²) in [5.74, 6) is 0. The van der Waals surface area contributed by atoms with Crippen LogP contribution >= 0.6 is 0 Å². The fourth-order valence-electron chi connectivity index (χ4n) is 3.08. The van der Waals surface area contributed by atoms with Crippen LogP contribution < -0.4 is 0 Å². The van der Waals surface area contributed by atoms with Crippen LogP contribution in [0.2, 0.25) is 0 Å². The highest BCUT2D eigenvalue weighted by molar-refractivity contribution is 7.87. The minimum absolute atomic E-state index is 0.0704. The Morgan fingerprint density at radius 1 is 0.690 bits per heavy atom. The van der Waals surface area contributed by atoms with Gasteiger partial charge in [0, 0.05) is 0 Å². The maximum absolute atomic E-state index is 12.2. The van der Waals surface area contributed by atoms with Gasteiger partial charge in [0.15, 0.2) is 0 Å². The monoisotopic (exact) mass is 438 g/mol. The molecule has 158 valence electrons. The first kappa shape index (κ1) is 22.0. The van der Waals surface area contributed by atoms with E-state index in [1.54, 1.807) is 24.3 Å². The van der Waals surface area contributed by atoms with Crippen LogP contribution in [-0.2, 0) is 28.6 Å². The van der Waals surface area contributed by atoms with Crippen LogP contribution in [0.4, 0.5) is 0 Å². The van der Waals surface area contributed by atoms with Crippen molar-refractivity contribution >= 4 is 20.2 Å². The maximum atomic E-state index is 12.2. The van der Waals surface area contributed by atoms with E-state index in [1.807, 2.05) is 13.8 Å². The predicted octanol–water partition coefficient (Wildman–Crippen LogP) is 3.97. The van der Waals surface area contributed by atoms with Crippen molar-refractivity contribution in [2.24, 2.45) is 5.41 Å². The van der Waals surface area contributed by atoms with Crippen LogP contribution in [0.25, 0.3) is 0 Å². The van der Waals surface area contributed by atoms with Gasteiger partial charge in [-0.05, 0) is 69.2 Å². The summed E-state index contributed by atoms with van der Waals surface area (Å²) in [6, 6.07) is 13.0. The van der Waals surface area contributed by atoms with Crippen LogP contribution in [0.5, 0.6) is 0 Å². The summed E-state index contributed by atoms with van der Waals surface area (Å²) in [5.41, 5.74) is 1.84. The second-order valence-electron chi connectivity index (χ2n) is 7.68. The highest BCUT2D eigenvalue weighted by atomic mass is 32.2. The molecule has 0 N–H and O–H groups in total. The zero-order valence-electron chi connectivity index (χ0n) is 16.6. The van der Waals surface area contributed by atoms with Gasteiger partial charge in [-0.15, -0.1) is 0 Å². The highest BCUT2D eigenvalue weighted by Gasteiger charge is 2.42. The van der Waals surface area contributed by atoms with Gasteiger partial charge in [-0.2, -0.15) is 16.8 Å². The largest absolute Gasteiger partial charge is 0.296 e. The Morgan fingerprint density at radius 2 is 1.03 bits per heavy atom. The molecule has 0 radical (unpaired) electrons.